The third-order valence-electron chi connectivity index (χ3n) is 4.67. The topological polar surface area (TPSA) is 52.6 Å². The summed E-state index contributed by atoms with van der Waals surface area (Å²) in [6.07, 6.45) is 0.984. The molecule has 0 spiro atoms. The number of hydrogen-bond acceptors (Lipinski definition) is 4. The number of rotatable bonds is 1. The van der Waals surface area contributed by atoms with Crippen molar-refractivity contribution in [3.63, 3.8) is 0 Å². The third-order valence-corrected chi connectivity index (χ3v) is 4.67. The molecule has 0 N–H and O–H groups in total. The van der Waals surface area contributed by atoms with Gasteiger partial charge in [0.15, 0.2) is 0 Å². The second kappa shape index (κ2) is 3.49. The average molecular weight is 252 g/mol. The summed E-state index contributed by atoms with van der Waals surface area (Å²) in [5, 5.41) is 0. The van der Waals surface area contributed by atoms with Crippen LogP contribution >= 0.6 is 0 Å². The smallest absolute Gasteiger partial charge is 0.310 e. The number of ether oxygens (including phenoxy) is 2. The van der Waals surface area contributed by atoms with Crippen LogP contribution in [0.5, 0.6) is 0 Å². The quantitative estimate of drug-likeness (QED) is 0.667. The molecular formula is C14H20O4. The zero-order chi connectivity index (χ0) is 13.2. The molecule has 4 heteroatoms. The maximum Gasteiger partial charge on any atom is 0.310 e. The molecule has 2 bridgehead atoms. The minimum atomic E-state index is -0.496. The van der Waals surface area contributed by atoms with Gasteiger partial charge in [0.1, 0.15) is 11.7 Å². The number of carbonyl (C=O) groups is 2. The van der Waals surface area contributed by atoms with Crippen LogP contribution in [0.2, 0.25) is 0 Å². The Morgan fingerprint density at radius 3 is 2.61 bits per heavy atom. The predicted molar refractivity (Wildman–Crippen MR) is 63.5 cm³/mol. The lowest BCUT2D eigenvalue weighted by atomic mass is 9.75. The van der Waals surface area contributed by atoms with Gasteiger partial charge in [-0.15, -0.1) is 0 Å². The standard InChI is InChI=1S/C14H20O4/c1-6-7-5-8-10(12(15)17-11(6)8)9(7)13(16)18-14(2,3)4/h6-11H,5H2,1-4H3. The Kier molecular flexibility index (Phi) is 2.32. The van der Waals surface area contributed by atoms with E-state index in [1.165, 1.54) is 0 Å². The van der Waals surface area contributed by atoms with Crippen LogP contribution in [0, 0.1) is 29.6 Å². The Morgan fingerprint density at radius 2 is 2.00 bits per heavy atom. The fourth-order valence-corrected chi connectivity index (χ4v) is 4.07. The molecule has 2 aliphatic carbocycles. The largest absolute Gasteiger partial charge is 0.462 e. The van der Waals surface area contributed by atoms with Crippen LogP contribution in [0.15, 0.2) is 0 Å². The third kappa shape index (κ3) is 1.50. The van der Waals surface area contributed by atoms with Gasteiger partial charge >= 0.3 is 11.9 Å². The molecule has 0 amide bonds. The molecule has 3 aliphatic rings. The lowest BCUT2D eigenvalue weighted by molar-refractivity contribution is -0.165. The second-order valence-electron chi connectivity index (χ2n) is 6.91. The molecule has 1 saturated heterocycles. The minimum absolute atomic E-state index is 0.0474. The minimum Gasteiger partial charge on any atom is -0.462 e. The molecule has 6 atom stereocenters. The highest BCUT2D eigenvalue weighted by Crippen LogP contribution is 2.60. The Balaban J connectivity index is 1.85. The van der Waals surface area contributed by atoms with Gasteiger partial charge in [0.25, 0.3) is 0 Å². The molecule has 0 radical (unpaired) electrons. The zero-order valence-corrected chi connectivity index (χ0v) is 11.3. The fourth-order valence-electron chi connectivity index (χ4n) is 4.07. The molecule has 3 rings (SSSR count). The monoisotopic (exact) mass is 252 g/mol. The van der Waals surface area contributed by atoms with E-state index in [0.29, 0.717) is 0 Å². The van der Waals surface area contributed by atoms with Crippen LogP contribution in [0.1, 0.15) is 34.1 Å². The van der Waals surface area contributed by atoms with Gasteiger partial charge in [0.2, 0.25) is 0 Å². The predicted octanol–water partition coefficient (Wildman–Crippen LogP) is 1.77. The molecule has 100 valence electrons. The van der Waals surface area contributed by atoms with Gasteiger partial charge in [-0.3, -0.25) is 9.59 Å². The van der Waals surface area contributed by atoms with E-state index in [-0.39, 0.29) is 47.6 Å². The fraction of sp³-hybridized carbons (Fsp3) is 0.857. The van der Waals surface area contributed by atoms with Crippen LogP contribution in [-0.4, -0.2) is 23.6 Å². The maximum absolute atomic E-state index is 12.3. The molecule has 1 heterocycles. The van der Waals surface area contributed by atoms with E-state index in [1.54, 1.807) is 0 Å². The molecule has 18 heavy (non-hydrogen) atoms. The molecule has 0 aromatic rings. The second-order valence-corrected chi connectivity index (χ2v) is 6.91. The first-order valence-corrected chi connectivity index (χ1v) is 6.73. The van der Waals surface area contributed by atoms with E-state index >= 15 is 0 Å². The van der Waals surface area contributed by atoms with Gasteiger partial charge in [-0.05, 0) is 39.0 Å². The lowest BCUT2D eigenvalue weighted by Gasteiger charge is -2.30. The first-order valence-electron chi connectivity index (χ1n) is 6.73. The zero-order valence-electron chi connectivity index (χ0n) is 11.3. The number of esters is 2. The van der Waals surface area contributed by atoms with Crippen molar-refractivity contribution in [2.45, 2.75) is 45.8 Å². The van der Waals surface area contributed by atoms with Crippen LogP contribution in [0.25, 0.3) is 0 Å². The van der Waals surface area contributed by atoms with E-state index in [0.717, 1.165) is 6.42 Å². The van der Waals surface area contributed by atoms with Crippen LogP contribution in [0.4, 0.5) is 0 Å². The number of carbonyl (C=O) groups excluding carboxylic acids is 2. The van der Waals surface area contributed by atoms with Gasteiger partial charge in [-0.2, -0.15) is 0 Å². The van der Waals surface area contributed by atoms with Crippen LogP contribution in [-0.2, 0) is 19.1 Å². The molecule has 6 unspecified atom stereocenters. The lowest BCUT2D eigenvalue weighted by Crippen LogP contribution is -2.40. The van der Waals surface area contributed by atoms with Crippen molar-refractivity contribution in [1.82, 2.24) is 0 Å². The van der Waals surface area contributed by atoms with Crippen LogP contribution in [0.3, 0.4) is 0 Å². The Morgan fingerprint density at radius 1 is 1.33 bits per heavy atom. The molecule has 4 nitrogen and oxygen atoms in total. The summed E-state index contributed by atoms with van der Waals surface area (Å²) in [7, 11) is 0. The molecule has 2 saturated carbocycles. The molecular weight excluding hydrogens is 232 g/mol. The first kappa shape index (κ1) is 12.0. The van der Waals surface area contributed by atoms with Gasteiger partial charge in [0, 0.05) is 5.92 Å². The summed E-state index contributed by atoms with van der Waals surface area (Å²) in [5.74, 6) is -0.144. The SMILES string of the molecule is CC1C2CC3C1OC(=O)C3C2C(=O)OC(C)(C)C. The van der Waals surface area contributed by atoms with E-state index in [1.807, 2.05) is 20.8 Å². The summed E-state index contributed by atoms with van der Waals surface area (Å²) in [6, 6.07) is 0. The number of hydrogen-bond donors (Lipinski definition) is 0. The van der Waals surface area contributed by atoms with Gasteiger partial charge < -0.3 is 9.47 Å². The highest BCUT2D eigenvalue weighted by molar-refractivity contribution is 5.86. The Labute approximate surface area is 107 Å². The highest BCUT2D eigenvalue weighted by atomic mass is 16.6. The van der Waals surface area contributed by atoms with E-state index < -0.39 is 5.60 Å². The number of fused-ring (bicyclic) bond motifs is 1. The molecule has 1 aliphatic heterocycles. The maximum atomic E-state index is 12.3. The van der Waals surface area contributed by atoms with Crippen molar-refractivity contribution in [3.8, 4) is 0 Å². The first-order chi connectivity index (χ1) is 8.29. The molecule has 0 aromatic heterocycles. The summed E-state index contributed by atoms with van der Waals surface area (Å²) >= 11 is 0. The molecule has 3 fully saturated rings. The van der Waals surface area contributed by atoms with E-state index in [9.17, 15) is 9.59 Å². The Hall–Kier alpha value is -1.06. The van der Waals surface area contributed by atoms with Crippen molar-refractivity contribution < 1.29 is 19.1 Å². The normalized spacial score (nSPS) is 45.2. The highest BCUT2D eigenvalue weighted by Gasteiger charge is 2.67. The Bertz CT molecular complexity index is 409. The van der Waals surface area contributed by atoms with E-state index in [2.05, 4.69) is 6.92 Å². The van der Waals surface area contributed by atoms with Gasteiger partial charge in [0.05, 0.1) is 11.8 Å². The summed E-state index contributed by atoms with van der Waals surface area (Å²) in [5.41, 5.74) is -0.496. The van der Waals surface area contributed by atoms with Crippen molar-refractivity contribution in [1.29, 1.82) is 0 Å². The van der Waals surface area contributed by atoms with Crippen molar-refractivity contribution in [2.75, 3.05) is 0 Å². The molecule has 0 aromatic carbocycles. The summed E-state index contributed by atoms with van der Waals surface area (Å²) in [4.78, 5) is 24.2. The van der Waals surface area contributed by atoms with Crippen molar-refractivity contribution >= 4 is 11.9 Å². The van der Waals surface area contributed by atoms with Crippen molar-refractivity contribution in [2.24, 2.45) is 29.6 Å². The van der Waals surface area contributed by atoms with Gasteiger partial charge in [-0.1, -0.05) is 6.92 Å². The van der Waals surface area contributed by atoms with E-state index in [4.69, 9.17) is 9.47 Å². The van der Waals surface area contributed by atoms with Gasteiger partial charge in [-0.25, -0.2) is 0 Å². The summed E-state index contributed by atoms with van der Waals surface area (Å²) in [6.45, 7) is 7.66. The average Bonchev–Trinajstić information content (AvgIpc) is 2.78. The van der Waals surface area contributed by atoms with Crippen molar-refractivity contribution in [3.05, 3.63) is 0 Å². The van der Waals surface area contributed by atoms with Crippen LogP contribution < -0.4 is 0 Å². The summed E-state index contributed by atoms with van der Waals surface area (Å²) < 4.78 is 10.9.